The highest BCUT2D eigenvalue weighted by Gasteiger charge is 2.36. The van der Waals surface area contributed by atoms with E-state index in [1.165, 1.54) is 28.4 Å². The maximum atomic E-state index is 12.8. The largest absolute Gasteiger partial charge is 0.372 e. The van der Waals surface area contributed by atoms with Crippen molar-refractivity contribution >= 4 is 11.2 Å². The van der Waals surface area contributed by atoms with Crippen molar-refractivity contribution in [2.24, 2.45) is 20.0 Å². The van der Waals surface area contributed by atoms with Crippen LogP contribution in [0.1, 0.15) is 51.9 Å². The Morgan fingerprint density at radius 2 is 1.88 bits per heavy atom. The van der Waals surface area contributed by atoms with Crippen LogP contribution in [0.25, 0.3) is 11.2 Å². The van der Waals surface area contributed by atoms with E-state index in [0.29, 0.717) is 29.7 Å². The molecule has 142 valence electrons. The third kappa shape index (κ3) is 2.92. The second kappa shape index (κ2) is 6.37. The van der Waals surface area contributed by atoms with Crippen LogP contribution < -0.4 is 11.2 Å². The van der Waals surface area contributed by atoms with Gasteiger partial charge in [0.1, 0.15) is 0 Å². The van der Waals surface area contributed by atoms with Gasteiger partial charge in [0.2, 0.25) is 0 Å². The van der Waals surface area contributed by atoms with Crippen molar-refractivity contribution in [2.45, 2.75) is 70.1 Å². The van der Waals surface area contributed by atoms with Crippen LogP contribution in [0.15, 0.2) is 15.9 Å². The van der Waals surface area contributed by atoms with Gasteiger partial charge in [0.05, 0.1) is 18.0 Å². The normalized spacial score (nSPS) is 27.0. The highest BCUT2D eigenvalue weighted by molar-refractivity contribution is 5.69. The minimum atomic E-state index is -0.278. The molecule has 2 aliphatic rings. The van der Waals surface area contributed by atoms with E-state index in [4.69, 9.17) is 4.74 Å². The molecule has 26 heavy (non-hydrogen) atoms. The first-order valence-electron chi connectivity index (χ1n) is 9.67. The fraction of sp³-hybridized carbons (Fsp3) is 0.737. The first-order chi connectivity index (χ1) is 12.4. The van der Waals surface area contributed by atoms with Crippen LogP contribution in [0.4, 0.5) is 0 Å². The molecule has 0 N–H and O–H groups in total. The number of aryl methyl sites for hydroxylation is 2. The third-order valence-electron chi connectivity index (χ3n) is 6.31. The highest BCUT2D eigenvalue weighted by Crippen LogP contribution is 2.38. The van der Waals surface area contributed by atoms with Crippen molar-refractivity contribution in [1.82, 2.24) is 18.7 Å². The molecule has 0 spiro atoms. The van der Waals surface area contributed by atoms with E-state index in [2.05, 4.69) is 11.9 Å². The maximum Gasteiger partial charge on any atom is 0.332 e. The molecule has 2 aliphatic carbocycles. The Bertz CT molecular complexity index is 927. The Morgan fingerprint density at radius 3 is 2.50 bits per heavy atom. The average Bonchev–Trinajstić information content (AvgIpc) is 2.97. The standard InChI is InChI=1S/C19H28N4O3/c1-19(26-14-5-4-6-14)9-7-13(8-10-19)11-23-17(24)15-16(20-12-21(15)2)22(3)18(23)25/h12-14H,4-11H2,1-3H3. The summed E-state index contributed by atoms with van der Waals surface area (Å²) in [6.45, 7) is 2.70. The molecule has 0 atom stereocenters. The summed E-state index contributed by atoms with van der Waals surface area (Å²) in [7, 11) is 3.47. The van der Waals surface area contributed by atoms with E-state index in [9.17, 15) is 9.59 Å². The van der Waals surface area contributed by atoms with Crippen molar-refractivity contribution in [1.29, 1.82) is 0 Å². The Morgan fingerprint density at radius 1 is 1.19 bits per heavy atom. The lowest BCUT2D eigenvalue weighted by Gasteiger charge is -2.42. The Hall–Kier alpha value is -1.89. The van der Waals surface area contributed by atoms with Crippen LogP contribution in [0.3, 0.4) is 0 Å². The Kier molecular flexibility index (Phi) is 4.29. The zero-order chi connectivity index (χ0) is 18.5. The number of ether oxygens (including phenoxy) is 1. The van der Waals surface area contributed by atoms with Gasteiger partial charge in [-0.25, -0.2) is 9.78 Å². The lowest BCUT2D eigenvalue weighted by Crippen LogP contribution is -2.44. The summed E-state index contributed by atoms with van der Waals surface area (Å²) in [6, 6.07) is 0. The van der Waals surface area contributed by atoms with Gasteiger partial charge in [0.15, 0.2) is 11.2 Å². The molecule has 0 saturated heterocycles. The van der Waals surface area contributed by atoms with E-state index < -0.39 is 0 Å². The number of hydrogen-bond acceptors (Lipinski definition) is 4. The van der Waals surface area contributed by atoms with Crippen LogP contribution in [0.5, 0.6) is 0 Å². The zero-order valence-corrected chi connectivity index (χ0v) is 15.9. The van der Waals surface area contributed by atoms with Crippen molar-refractivity contribution in [3.8, 4) is 0 Å². The minimum Gasteiger partial charge on any atom is -0.372 e. The zero-order valence-electron chi connectivity index (χ0n) is 15.9. The van der Waals surface area contributed by atoms with Crippen LogP contribution in [-0.2, 0) is 25.4 Å². The molecule has 0 aromatic carbocycles. The molecule has 0 unspecified atom stereocenters. The molecular formula is C19H28N4O3. The molecule has 2 aromatic heterocycles. The minimum absolute atomic E-state index is 0.0382. The molecule has 0 amide bonds. The van der Waals surface area contributed by atoms with E-state index in [1.54, 1.807) is 25.0 Å². The van der Waals surface area contributed by atoms with E-state index >= 15 is 0 Å². The SMILES string of the molecule is Cn1cnc2c1c(=O)n(CC1CCC(C)(OC3CCC3)CC1)c(=O)n2C. The lowest BCUT2D eigenvalue weighted by molar-refractivity contribution is -0.133. The summed E-state index contributed by atoms with van der Waals surface area (Å²) < 4.78 is 10.9. The van der Waals surface area contributed by atoms with Crippen molar-refractivity contribution in [3.63, 3.8) is 0 Å². The van der Waals surface area contributed by atoms with E-state index in [1.807, 2.05) is 0 Å². The van der Waals surface area contributed by atoms with Gasteiger partial charge in [-0.2, -0.15) is 0 Å². The van der Waals surface area contributed by atoms with Crippen LogP contribution >= 0.6 is 0 Å². The summed E-state index contributed by atoms with van der Waals surface area (Å²) >= 11 is 0. The van der Waals surface area contributed by atoms with Gasteiger partial charge < -0.3 is 9.30 Å². The lowest BCUT2D eigenvalue weighted by atomic mass is 9.79. The number of aromatic nitrogens is 4. The number of imidazole rings is 1. The van der Waals surface area contributed by atoms with E-state index in [-0.39, 0.29) is 16.9 Å². The molecule has 2 aromatic rings. The molecule has 0 bridgehead atoms. The molecule has 2 saturated carbocycles. The second-order valence-electron chi connectivity index (χ2n) is 8.35. The fourth-order valence-corrected chi connectivity index (χ4v) is 4.30. The van der Waals surface area contributed by atoms with Gasteiger partial charge in [-0.15, -0.1) is 0 Å². The van der Waals surface area contributed by atoms with Crippen LogP contribution in [0.2, 0.25) is 0 Å². The molecule has 0 aliphatic heterocycles. The van der Waals surface area contributed by atoms with Crippen molar-refractivity contribution in [2.75, 3.05) is 0 Å². The van der Waals surface area contributed by atoms with Crippen molar-refractivity contribution < 1.29 is 4.74 Å². The molecule has 7 heteroatoms. The molecule has 7 nitrogen and oxygen atoms in total. The monoisotopic (exact) mass is 360 g/mol. The predicted molar refractivity (Wildman–Crippen MR) is 99.3 cm³/mol. The van der Waals surface area contributed by atoms with Gasteiger partial charge in [0, 0.05) is 20.6 Å². The number of nitrogens with zero attached hydrogens (tertiary/aromatic N) is 4. The first-order valence-corrected chi connectivity index (χ1v) is 9.67. The fourth-order valence-electron chi connectivity index (χ4n) is 4.30. The molecule has 2 fully saturated rings. The summed E-state index contributed by atoms with van der Waals surface area (Å²) in [5.74, 6) is 0.337. The highest BCUT2D eigenvalue weighted by atomic mass is 16.5. The van der Waals surface area contributed by atoms with Crippen molar-refractivity contribution in [3.05, 3.63) is 27.2 Å². The summed E-state index contributed by atoms with van der Waals surface area (Å²) in [5, 5.41) is 0. The number of fused-ring (bicyclic) bond motifs is 1. The van der Waals surface area contributed by atoms with Gasteiger partial charge in [-0.1, -0.05) is 0 Å². The molecule has 4 rings (SSSR count). The average molecular weight is 360 g/mol. The third-order valence-corrected chi connectivity index (χ3v) is 6.31. The van der Waals surface area contributed by atoms with E-state index in [0.717, 1.165) is 25.7 Å². The Labute approximate surface area is 152 Å². The Balaban J connectivity index is 1.52. The van der Waals surface area contributed by atoms with Crippen LogP contribution in [-0.4, -0.2) is 30.4 Å². The van der Waals surface area contributed by atoms with Gasteiger partial charge >= 0.3 is 5.69 Å². The summed E-state index contributed by atoms with van der Waals surface area (Å²) in [6.07, 6.45) is 9.66. The molecule has 0 radical (unpaired) electrons. The number of hydrogen-bond donors (Lipinski definition) is 0. The topological polar surface area (TPSA) is 71.1 Å². The van der Waals surface area contributed by atoms with Gasteiger partial charge in [-0.3, -0.25) is 13.9 Å². The smallest absolute Gasteiger partial charge is 0.332 e. The maximum absolute atomic E-state index is 12.8. The summed E-state index contributed by atoms with van der Waals surface area (Å²) in [4.78, 5) is 29.7. The first kappa shape index (κ1) is 17.5. The molecular weight excluding hydrogens is 332 g/mol. The predicted octanol–water partition coefficient (Wildman–Crippen LogP) is 1.95. The quantitative estimate of drug-likeness (QED) is 0.836. The van der Waals surface area contributed by atoms with Crippen LogP contribution in [0, 0.1) is 5.92 Å². The summed E-state index contributed by atoms with van der Waals surface area (Å²) in [5.41, 5.74) is 0.385. The second-order valence-corrected chi connectivity index (χ2v) is 8.35. The number of rotatable bonds is 4. The molecule has 2 heterocycles. The van der Waals surface area contributed by atoms with Gasteiger partial charge in [0.25, 0.3) is 5.56 Å². The van der Waals surface area contributed by atoms with Gasteiger partial charge in [-0.05, 0) is 57.8 Å².